The first-order valence-electron chi connectivity index (χ1n) is 7.21. The van der Waals surface area contributed by atoms with Gasteiger partial charge in [-0.15, -0.1) is 0 Å². The van der Waals surface area contributed by atoms with Crippen molar-refractivity contribution in [2.45, 2.75) is 32.6 Å². The molecule has 0 saturated carbocycles. The van der Waals surface area contributed by atoms with Crippen molar-refractivity contribution in [3.8, 4) is 11.5 Å². The van der Waals surface area contributed by atoms with Gasteiger partial charge in [-0.25, -0.2) is 0 Å². The lowest BCUT2D eigenvalue weighted by Crippen LogP contribution is -2.12. The minimum absolute atomic E-state index is 0.00378. The Balaban J connectivity index is 1.94. The second-order valence-electron chi connectivity index (χ2n) is 5.41. The van der Waals surface area contributed by atoms with Gasteiger partial charge in [-0.3, -0.25) is 9.59 Å². The van der Waals surface area contributed by atoms with Crippen LogP contribution in [0.15, 0.2) is 18.2 Å². The zero-order valence-corrected chi connectivity index (χ0v) is 12.1. The molecule has 21 heavy (non-hydrogen) atoms. The van der Waals surface area contributed by atoms with E-state index in [0.29, 0.717) is 55.5 Å². The van der Waals surface area contributed by atoms with E-state index in [1.54, 1.807) is 18.2 Å². The van der Waals surface area contributed by atoms with E-state index in [4.69, 9.17) is 14.6 Å². The number of fused-ring (bicyclic) bond motifs is 1. The maximum absolute atomic E-state index is 12.1. The Morgan fingerprint density at radius 2 is 1.81 bits per heavy atom. The van der Waals surface area contributed by atoms with Gasteiger partial charge in [-0.1, -0.05) is 6.92 Å². The van der Waals surface area contributed by atoms with Crippen molar-refractivity contribution in [2.75, 3.05) is 13.2 Å². The van der Waals surface area contributed by atoms with Crippen LogP contribution in [0.3, 0.4) is 0 Å². The molecule has 0 amide bonds. The SMILES string of the molecule is CC1COc2ccc(C(=O)CCCCC(=O)O)cc2OC1. The molecule has 1 atom stereocenters. The summed E-state index contributed by atoms with van der Waals surface area (Å²) < 4.78 is 11.3. The molecule has 0 aliphatic carbocycles. The molecule has 1 aliphatic heterocycles. The van der Waals surface area contributed by atoms with Gasteiger partial charge in [0.25, 0.3) is 0 Å². The summed E-state index contributed by atoms with van der Waals surface area (Å²) in [6.45, 7) is 3.22. The molecule has 0 bridgehead atoms. The highest BCUT2D eigenvalue weighted by atomic mass is 16.5. The maximum Gasteiger partial charge on any atom is 0.303 e. The van der Waals surface area contributed by atoms with Gasteiger partial charge in [0.2, 0.25) is 0 Å². The number of aliphatic carboxylic acids is 1. The van der Waals surface area contributed by atoms with E-state index < -0.39 is 5.97 Å². The number of carboxylic acids is 1. The topological polar surface area (TPSA) is 72.8 Å². The molecule has 5 heteroatoms. The number of carboxylic acid groups (broad SMARTS) is 1. The molecule has 1 heterocycles. The number of ketones is 1. The van der Waals surface area contributed by atoms with Gasteiger partial charge in [0.05, 0.1) is 13.2 Å². The van der Waals surface area contributed by atoms with Crippen LogP contribution in [0.25, 0.3) is 0 Å². The summed E-state index contributed by atoms with van der Waals surface area (Å²) >= 11 is 0. The smallest absolute Gasteiger partial charge is 0.303 e. The standard InChI is InChI=1S/C16H20O5/c1-11-9-20-14-7-6-12(8-15(14)21-10-11)13(17)4-2-3-5-16(18)19/h6-8,11H,2-5,9-10H2,1H3,(H,18,19). The molecular weight excluding hydrogens is 272 g/mol. The Hall–Kier alpha value is -2.04. The zero-order chi connectivity index (χ0) is 15.2. The Bertz CT molecular complexity index is 523. The average molecular weight is 292 g/mol. The van der Waals surface area contributed by atoms with Crippen molar-refractivity contribution >= 4 is 11.8 Å². The summed E-state index contributed by atoms with van der Waals surface area (Å²) in [7, 11) is 0. The molecule has 1 aliphatic rings. The lowest BCUT2D eigenvalue weighted by molar-refractivity contribution is -0.137. The summed E-state index contributed by atoms with van der Waals surface area (Å²) in [4.78, 5) is 22.5. The van der Waals surface area contributed by atoms with Crippen LogP contribution in [0.1, 0.15) is 43.0 Å². The number of carbonyl (C=O) groups is 2. The summed E-state index contributed by atoms with van der Waals surface area (Å²) in [5.74, 6) is 0.765. The highest BCUT2D eigenvalue weighted by Crippen LogP contribution is 2.31. The van der Waals surface area contributed by atoms with E-state index in [9.17, 15) is 9.59 Å². The Morgan fingerprint density at radius 1 is 1.14 bits per heavy atom. The Morgan fingerprint density at radius 3 is 2.52 bits per heavy atom. The monoisotopic (exact) mass is 292 g/mol. The van der Waals surface area contributed by atoms with Crippen LogP contribution in [-0.4, -0.2) is 30.1 Å². The van der Waals surface area contributed by atoms with Crippen LogP contribution in [-0.2, 0) is 4.79 Å². The molecule has 2 rings (SSSR count). The van der Waals surface area contributed by atoms with Gasteiger partial charge >= 0.3 is 5.97 Å². The molecule has 0 radical (unpaired) electrons. The number of hydrogen-bond acceptors (Lipinski definition) is 4. The van der Waals surface area contributed by atoms with Crippen molar-refractivity contribution in [3.05, 3.63) is 23.8 Å². The molecule has 1 N–H and O–H groups in total. The largest absolute Gasteiger partial charge is 0.489 e. The van der Waals surface area contributed by atoms with Crippen molar-refractivity contribution in [3.63, 3.8) is 0 Å². The fourth-order valence-electron chi connectivity index (χ4n) is 2.13. The summed E-state index contributed by atoms with van der Waals surface area (Å²) in [6.07, 6.45) is 1.55. The third kappa shape index (κ3) is 4.48. The first-order valence-corrected chi connectivity index (χ1v) is 7.21. The van der Waals surface area contributed by atoms with Crippen molar-refractivity contribution in [1.29, 1.82) is 0 Å². The number of benzene rings is 1. The summed E-state index contributed by atoms with van der Waals surface area (Å²) in [6, 6.07) is 5.21. The molecule has 0 aromatic heterocycles. The normalized spacial score (nSPS) is 17.1. The number of unbranched alkanes of at least 4 members (excludes halogenated alkanes) is 1. The van der Waals surface area contributed by atoms with Gasteiger partial charge < -0.3 is 14.6 Å². The Kier molecular flexibility index (Phi) is 5.20. The maximum atomic E-state index is 12.1. The van der Waals surface area contributed by atoms with Crippen LogP contribution in [0.4, 0.5) is 0 Å². The lowest BCUT2D eigenvalue weighted by atomic mass is 10.0. The van der Waals surface area contributed by atoms with Gasteiger partial charge in [0.1, 0.15) is 0 Å². The van der Waals surface area contributed by atoms with Crippen molar-refractivity contribution < 1.29 is 24.2 Å². The number of hydrogen-bond donors (Lipinski definition) is 1. The van der Waals surface area contributed by atoms with Gasteiger partial charge in [-0.2, -0.15) is 0 Å². The molecule has 0 fully saturated rings. The molecule has 114 valence electrons. The van der Waals surface area contributed by atoms with E-state index >= 15 is 0 Å². The van der Waals surface area contributed by atoms with Crippen LogP contribution in [0, 0.1) is 5.92 Å². The van der Waals surface area contributed by atoms with Gasteiger partial charge in [0.15, 0.2) is 17.3 Å². The predicted octanol–water partition coefficient (Wildman–Crippen LogP) is 2.92. The van der Waals surface area contributed by atoms with Crippen LogP contribution >= 0.6 is 0 Å². The number of ether oxygens (including phenoxy) is 2. The van der Waals surface area contributed by atoms with Crippen LogP contribution in [0.5, 0.6) is 11.5 Å². The predicted molar refractivity (Wildman–Crippen MR) is 77.0 cm³/mol. The van der Waals surface area contributed by atoms with Crippen molar-refractivity contribution in [1.82, 2.24) is 0 Å². The molecule has 1 unspecified atom stereocenters. The van der Waals surface area contributed by atoms with E-state index in [1.165, 1.54) is 0 Å². The molecule has 5 nitrogen and oxygen atoms in total. The summed E-state index contributed by atoms with van der Waals surface area (Å²) in [5, 5.41) is 8.56. The highest BCUT2D eigenvalue weighted by Gasteiger charge is 2.17. The molecule has 1 aromatic rings. The number of rotatable bonds is 6. The zero-order valence-electron chi connectivity index (χ0n) is 12.1. The molecule has 0 saturated heterocycles. The van der Waals surface area contributed by atoms with Gasteiger partial charge in [-0.05, 0) is 31.0 Å². The van der Waals surface area contributed by atoms with Crippen LogP contribution < -0.4 is 9.47 Å². The first-order chi connectivity index (χ1) is 10.1. The minimum Gasteiger partial charge on any atom is -0.489 e. The summed E-state index contributed by atoms with van der Waals surface area (Å²) in [5.41, 5.74) is 0.585. The third-order valence-electron chi connectivity index (χ3n) is 3.36. The van der Waals surface area contributed by atoms with E-state index in [-0.39, 0.29) is 12.2 Å². The fraction of sp³-hybridized carbons (Fsp3) is 0.500. The van der Waals surface area contributed by atoms with E-state index in [1.807, 2.05) is 6.92 Å². The number of carbonyl (C=O) groups excluding carboxylic acids is 1. The third-order valence-corrected chi connectivity index (χ3v) is 3.36. The second-order valence-corrected chi connectivity index (χ2v) is 5.41. The molecule has 1 aromatic carbocycles. The quantitative estimate of drug-likeness (QED) is 0.644. The minimum atomic E-state index is -0.827. The lowest BCUT2D eigenvalue weighted by Gasteiger charge is -2.08. The highest BCUT2D eigenvalue weighted by molar-refractivity contribution is 5.96. The van der Waals surface area contributed by atoms with Crippen LogP contribution in [0.2, 0.25) is 0 Å². The average Bonchev–Trinajstić information content (AvgIpc) is 2.65. The van der Waals surface area contributed by atoms with Crippen molar-refractivity contribution in [2.24, 2.45) is 5.92 Å². The fourth-order valence-corrected chi connectivity index (χ4v) is 2.13. The van der Waals surface area contributed by atoms with E-state index in [2.05, 4.69) is 0 Å². The van der Waals surface area contributed by atoms with Gasteiger partial charge in [0, 0.05) is 24.3 Å². The second kappa shape index (κ2) is 7.11. The first kappa shape index (κ1) is 15.4. The molecular formula is C16H20O5. The van der Waals surface area contributed by atoms with E-state index in [0.717, 1.165) is 0 Å². The number of Topliss-reactive ketones (excluding diaryl/α,β-unsaturated/α-hetero) is 1. The molecule has 0 spiro atoms. The Labute approximate surface area is 123 Å².